The van der Waals surface area contributed by atoms with Gasteiger partial charge in [-0.3, -0.25) is 0 Å². The van der Waals surface area contributed by atoms with E-state index < -0.39 is 0 Å². The number of phenolic OH excluding ortho intramolecular Hbond substituents is 2. The largest absolute Gasteiger partial charge is 0.508 e. The van der Waals surface area contributed by atoms with Gasteiger partial charge >= 0.3 is 0 Å². The maximum Gasteiger partial charge on any atom is 0.119 e. The summed E-state index contributed by atoms with van der Waals surface area (Å²) in [4.78, 5) is 0. The Balaban J connectivity index is 2.02. The van der Waals surface area contributed by atoms with Crippen molar-refractivity contribution in [1.82, 2.24) is 0 Å². The zero-order valence-electron chi connectivity index (χ0n) is 14.9. The number of rotatable bonds is 4. The van der Waals surface area contributed by atoms with Crippen LogP contribution in [-0.4, -0.2) is 10.2 Å². The minimum Gasteiger partial charge on any atom is -0.508 e. The molecular formula is C23H24O2. The first-order valence-electron chi connectivity index (χ1n) is 8.57. The van der Waals surface area contributed by atoms with Crippen LogP contribution in [0.5, 0.6) is 11.5 Å². The van der Waals surface area contributed by atoms with Crippen LogP contribution in [-0.2, 0) is 5.41 Å². The lowest BCUT2D eigenvalue weighted by molar-refractivity contribution is 0.465. The molecule has 0 aliphatic heterocycles. The fraction of sp³-hybridized carbons (Fsp3) is 0.217. The fourth-order valence-corrected chi connectivity index (χ4v) is 3.26. The lowest BCUT2D eigenvalue weighted by Gasteiger charge is -2.28. The topological polar surface area (TPSA) is 40.5 Å². The second-order valence-corrected chi connectivity index (χ2v) is 7.08. The molecule has 2 nitrogen and oxygen atoms in total. The Morgan fingerprint density at radius 3 is 2.00 bits per heavy atom. The van der Waals surface area contributed by atoms with Crippen LogP contribution in [0.3, 0.4) is 0 Å². The number of hydrogen-bond acceptors (Lipinski definition) is 2. The highest BCUT2D eigenvalue weighted by molar-refractivity contribution is 5.48. The molecule has 0 fully saturated rings. The Morgan fingerprint density at radius 1 is 0.760 bits per heavy atom. The molecule has 3 aromatic rings. The van der Waals surface area contributed by atoms with Crippen LogP contribution in [0.1, 0.15) is 48.9 Å². The first kappa shape index (κ1) is 17.1. The molecule has 0 saturated heterocycles. The predicted molar refractivity (Wildman–Crippen MR) is 102 cm³/mol. The van der Waals surface area contributed by atoms with E-state index >= 15 is 0 Å². The maximum atomic E-state index is 10.4. The van der Waals surface area contributed by atoms with Crippen LogP contribution in [0.4, 0.5) is 0 Å². The van der Waals surface area contributed by atoms with Crippen molar-refractivity contribution in [2.45, 2.75) is 32.1 Å². The average molecular weight is 332 g/mol. The SMILES string of the molecule is CC(c1ccccc1)c1cc(C(C)(C)c2ccc(O)cc2)ccc1O. The van der Waals surface area contributed by atoms with E-state index in [1.54, 1.807) is 18.2 Å². The van der Waals surface area contributed by atoms with Crippen molar-refractivity contribution in [3.8, 4) is 11.5 Å². The summed E-state index contributed by atoms with van der Waals surface area (Å²) in [7, 11) is 0. The zero-order valence-corrected chi connectivity index (χ0v) is 14.9. The molecule has 0 bridgehead atoms. The highest BCUT2D eigenvalue weighted by Crippen LogP contribution is 2.38. The van der Waals surface area contributed by atoms with Gasteiger partial charge in [0.25, 0.3) is 0 Å². The van der Waals surface area contributed by atoms with Gasteiger partial charge in [0.1, 0.15) is 11.5 Å². The highest BCUT2D eigenvalue weighted by atomic mass is 16.3. The first-order chi connectivity index (χ1) is 11.9. The van der Waals surface area contributed by atoms with Crippen molar-refractivity contribution < 1.29 is 10.2 Å². The molecule has 128 valence electrons. The molecule has 0 heterocycles. The van der Waals surface area contributed by atoms with E-state index in [2.05, 4.69) is 39.0 Å². The molecule has 0 aromatic heterocycles. The molecule has 3 rings (SSSR count). The van der Waals surface area contributed by atoms with E-state index in [4.69, 9.17) is 0 Å². The van der Waals surface area contributed by atoms with E-state index in [1.165, 1.54) is 5.56 Å². The quantitative estimate of drug-likeness (QED) is 0.655. The molecule has 0 spiro atoms. The molecule has 0 aliphatic carbocycles. The van der Waals surface area contributed by atoms with Gasteiger partial charge in [0.2, 0.25) is 0 Å². The van der Waals surface area contributed by atoms with Crippen molar-refractivity contribution in [3.05, 3.63) is 95.1 Å². The van der Waals surface area contributed by atoms with Crippen molar-refractivity contribution in [1.29, 1.82) is 0 Å². The zero-order chi connectivity index (χ0) is 18.0. The molecule has 3 aromatic carbocycles. The summed E-state index contributed by atoms with van der Waals surface area (Å²) in [5.74, 6) is 0.696. The molecule has 2 N–H and O–H groups in total. The lowest BCUT2D eigenvalue weighted by Crippen LogP contribution is -2.19. The smallest absolute Gasteiger partial charge is 0.119 e. The molecule has 0 aliphatic rings. The average Bonchev–Trinajstić information content (AvgIpc) is 2.62. The van der Waals surface area contributed by atoms with Crippen LogP contribution < -0.4 is 0 Å². The van der Waals surface area contributed by atoms with Gasteiger partial charge in [-0.25, -0.2) is 0 Å². The molecule has 0 saturated carbocycles. The van der Waals surface area contributed by atoms with Crippen molar-refractivity contribution >= 4 is 0 Å². The number of benzene rings is 3. The van der Waals surface area contributed by atoms with Gasteiger partial charge in [0, 0.05) is 16.9 Å². The van der Waals surface area contributed by atoms with Crippen molar-refractivity contribution in [3.63, 3.8) is 0 Å². The molecular weight excluding hydrogens is 308 g/mol. The lowest BCUT2D eigenvalue weighted by atomic mass is 9.76. The van der Waals surface area contributed by atoms with Crippen LogP contribution >= 0.6 is 0 Å². The van der Waals surface area contributed by atoms with Gasteiger partial charge in [-0.1, -0.05) is 75.4 Å². The Kier molecular flexibility index (Phi) is 4.54. The highest BCUT2D eigenvalue weighted by Gasteiger charge is 2.25. The summed E-state index contributed by atoms with van der Waals surface area (Å²) in [6.45, 7) is 6.42. The molecule has 25 heavy (non-hydrogen) atoms. The Hall–Kier alpha value is -2.74. The van der Waals surface area contributed by atoms with Gasteiger partial charge in [-0.05, 0) is 34.9 Å². The second-order valence-electron chi connectivity index (χ2n) is 7.08. The minimum absolute atomic E-state index is 0.108. The van der Waals surface area contributed by atoms with E-state index in [9.17, 15) is 10.2 Å². The van der Waals surface area contributed by atoms with Crippen LogP contribution in [0.25, 0.3) is 0 Å². The van der Waals surface area contributed by atoms with E-state index in [0.717, 1.165) is 16.7 Å². The Morgan fingerprint density at radius 2 is 1.36 bits per heavy atom. The third kappa shape index (κ3) is 3.39. The van der Waals surface area contributed by atoms with Gasteiger partial charge in [-0.2, -0.15) is 0 Å². The summed E-state index contributed by atoms with van der Waals surface area (Å²) in [5.41, 5.74) is 4.13. The van der Waals surface area contributed by atoms with Gasteiger partial charge in [-0.15, -0.1) is 0 Å². The predicted octanol–water partition coefficient (Wildman–Crippen LogP) is 5.58. The summed E-state index contributed by atoms with van der Waals surface area (Å²) < 4.78 is 0. The fourth-order valence-electron chi connectivity index (χ4n) is 3.26. The second kappa shape index (κ2) is 6.64. The maximum absolute atomic E-state index is 10.4. The summed E-state index contributed by atoms with van der Waals surface area (Å²) in [5, 5.41) is 19.9. The molecule has 0 amide bonds. The van der Waals surface area contributed by atoms with Crippen molar-refractivity contribution in [2.75, 3.05) is 0 Å². The van der Waals surface area contributed by atoms with E-state index in [0.29, 0.717) is 5.75 Å². The molecule has 1 unspecified atom stereocenters. The monoisotopic (exact) mass is 332 g/mol. The third-order valence-electron chi connectivity index (χ3n) is 5.10. The Bertz CT molecular complexity index is 849. The molecule has 0 radical (unpaired) electrons. The molecule has 1 atom stereocenters. The van der Waals surface area contributed by atoms with Crippen LogP contribution in [0.2, 0.25) is 0 Å². The molecule has 2 heteroatoms. The normalized spacial score (nSPS) is 12.8. The van der Waals surface area contributed by atoms with Gasteiger partial charge in [0.05, 0.1) is 0 Å². The standard InChI is InChI=1S/C23H24O2/c1-16(17-7-5-4-6-8-17)21-15-19(11-14-22(21)25)23(2,3)18-9-12-20(24)13-10-18/h4-16,24-25H,1-3H3. The summed E-state index contributed by atoms with van der Waals surface area (Å²) >= 11 is 0. The van der Waals surface area contributed by atoms with E-state index in [-0.39, 0.29) is 17.1 Å². The summed E-state index contributed by atoms with van der Waals surface area (Å²) in [6.07, 6.45) is 0. The number of phenols is 2. The third-order valence-corrected chi connectivity index (χ3v) is 5.10. The van der Waals surface area contributed by atoms with Gasteiger partial charge < -0.3 is 10.2 Å². The summed E-state index contributed by atoms with van der Waals surface area (Å²) in [6, 6.07) is 23.4. The van der Waals surface area contributed by atoms with Gasteiger partial charge in [0.15, 0.2) is 0 Å². The van der Waals surface area contributed by atoms with E-state index in [1.807, 2.05) is 36.4 Å². The van der Waals surface area contributed by atoms with Crippen LogP contribution in [0.15, 0.2) is 72.8 Å². The van der Waals surface area contributed by atoms with Crippen molar-refractivity contribution in [2.24, 2.45) is 0 Å². The Labute approximate surface area is 149 Å². The van der Waals surface area contributed by atoms with Crippen LogP contribution in [0, 0.1) is 0 Å². The number of hydrogen-bond donors (Lipinski definition) is 2. The minimum atomic E-state index is -0.230. The number of aromatic hydroxyl groups is 2. The first-order valence-corrected chi connectivity index (χ1v) is 8.57.